The van der Waals surface area contributed by atoms with Crippen molar-refractivity contribution < 1.29 is 4.42 Å². The number of allylic oxidation sites excluding steroid dienone is 1. The second kappa shape index (κ2) is 7.16. The molecule has 0 bridgehead atoms. The summed E-state index contributed by atoms with van der Waals surface area (Å²) in [5.74, 6) is 1.29. The molecule has 0 atom stereocenters. The van der Waals surface area contributed by atoms with E-state index in [-0.39, 0.29) is 0 Å². The molecule has 0 saturated carbocycles. The van der Waals surface area contributed by atoms with Crippen molar-refractivity contribution in [1.29, 1.82) is 0 Å². The van der Waals surface area contributed by atoms with Crippen LogP contribution in [0.2, 0.25) is 0 Å². The van der Waals surface area contributed by atoms with E-state index < -0.39 is 0 Å². The van der Waals surface area contributed by atoms with Gasteiger partial charge in [0.05, 0.1) is 12.0 Å². The number of hydrogen-bond donors (Lipinski definition) is 2. The van der Waals surface area contributed by atoms with Crippen molar-refractivity contribution in [1.82, 2.24) is 25.1 Å². The Kier molecular flexibility index (Phi) is 4.40. The normalized spacial score (nSPS) is 11.7. The highest BCUT2D eigenvalue weighted by molar-refractivity contribution is 7.71. The quantitative estimate of drug-likeness (QED) is 0.413. The third-order valence-electron chi connectivity index (χ3n) is 3.61. The number of benzene rings is 1. The van der Waals surface area contributed by atoms with Crippen LogP contribution in [-0.4, -0.2) is 31.3 Å². The van der Waals surface area contributed by atoms with Crippen molar-refractivity contribution in [2.45, 2.75) is 0 Å². The first kappa shape index (κ1) is 16.0. The third kappa shape index (κ3) is 3.31. The molecule has 0 aliphatic rings. The summed E-state index contributed by atoms with van der Waals surface area (Å²) in [5.41, 5.74) is 2.55. The van der Waals surface area contributed by atoms with Crippen molar-refractivity contribution in [2.24, 2.45) is 5.10 Å². The average molecular weight is 362 g/mol. The lowest BCUT2D eigenvalue weighted by molar-refractivity contribution is 0.557. The lowest BCUT2D eigenvalue weighted by atomic mass is 10.1. The van der Waals surface area contributed by atoms with E-state index in [1.165, 1.54) is 4.68 Å². The van der Waals surface area contributed by atoms with Gasteiger partial charge >= 0.3 is 0 Å². The monoisotopic (exact) mass is 362 g/mol. The molecular formula is C18H14N6OS. The minimum atomic E-state index is 0.388. The second-order valence-corrected chi connectivity index (χ2v) is 5.72. The summed E-state index contributed by atoms with van der Waals surface area (Å²) in [5, 5.41) is 18.7. The lowest BCUT2D eigenvalue weighted by Crippen LogP contribution is -1.93. The Bertz CT molecular complexity index is 1100. The molecule has 0 radical (unpaired) electrons. The first-order valence-corrected chi connectivity index (χ1v) is 8.25. The van der Waals surface area contributed by atoms with Gasteiger partial charge in [-0.25, -0.2) is 5.10 Å². The van der Waals surface area contributed by atoms with E-state index in [0.717, 1.165) is 17.0 Å². The minimum Gasteiger partial charge on any atom is -0.465 e. The van der Waals surface area contributed by atoms with Crippen molar-refractivity contribution in [3.8, 4) is 22.8 Å². The summed E-state index contributed by atoms with van der Waals surface area (Å²) in [6.07, 6.45) is 6.80. The molecule has 0 amide bonds. The highest BCUT2D eigenvalue weighted by Crippen LogP contribution is 2.22. The topological polar surface area (TPSA) is 87.8 Å². The zero-order valence-electron chi connectivity index (χ0n) is 13.5. The first-order chi connectivity index (χ1) is 12.8. The largest absolute Gasteiger partial charge is 0.465 e. The van der Waals surface area contributed by atoms with Crippen LogP contribution >= 0.6 is 12.2 Å². The fourth-order valence-corrected chi connectivity index (χ4v) is 2.57. The van der Waals surface area contributed by atoms with Crippen LogP contribution in [0.4, 0.5) is 0 Å². The van der Waals surface area contributed by atoms with Crippen molar-refractivity contribution in [3.05, 3.63) is 71.4 Å². The van der Waals surface area contributed by atoms with E-state index in [2.05, 4.69) is 25.5 Å². The van der Waals surface area contributed by atoms with Gasteiger partial charge in [0.25, 0.3) is 0 Å². The molecule has 0 aliphatic heterocycles. The van der Waals surface area contributed by atoms with Crippen LogP contribution in [0.25, 0.3) is 28.9 Å². The Balaban J connectivity index is 1.61. The summed E-state index contributed by atoms with van der Waals surface area (Å²) < 4.78 is 7.14. The van der Waals surface area contributed by atoms with Gasteiger partial charge in [0, 0.05) is 11.8 Å². The predicted octanol–water partition coefficient (Wildman–Crippen LogP) is 4.14. The fraction of sp³-hybridized carbons (Fsp3) is 0. The van der Waals surface area contributed by atoms with Crippen LogP contribution in [0.15, 0.2) is 70.4 Å². The Morgan fingerprint density at radius 1 is 1.08 bits per heavy atom. The minimum absolute atomic E-state index is 0.388. The molecule has 26 heavy (non-hydrogen) atoms. The van der Waals surface area contributed by atoms with Gasteiger partial charge in [-0.3, -0.25) is 5.10 Å². The first-order valence-electron chi connectivity index (χ1n) is 7.84. The van der Waals surface area contributed by atoms with Gasteiger partial charge < -0.3 is 4.42 Å². The smallest absolute Gasteiger partial charge is 0.216 e. The van der Waals surface area contributed by atoms with Crippen LogP contribution in [-0.2, 0) is 0 Å². The molecule has 128 valence electrons. The molecule has 8 heteroatoms. The van der Waals surface area contributed by atoms with E-state index in [0.29, 0.717) is 16.3 Å². The van der Waals surface area contributed by atoms with E-state index in [1.807, 2.05) is 48.5 Å². The summed E-state index contributed by atoms with van der Waals surface area (Å²) in [4.78, 5) is 0. The van der Waals surface area contributed by atoms with Gasteiger partial charge in [0.15, 0.2) is 0 Å². The van der Waals surface area contributed by atoms with Crippen molar-refractivity contribution in [3.63, 3.8) is 0 Å². The highest BCUT2D eigenvalue weighted by Gasteiger charge is 2.12. The third-order valence-corrected chi connectivity index (χ3v) is 3.87. The predicted molar refractivity (Wildman–Crippen MR) is 102 cm³/mol. The van der Waals surface area contributed by atoms with Crippen LogP contribution in [0, 0.1) is 4.77 Å². The van der Waals surface area contributed by atoms with E-state index in [4.69, 9.17) is 16.6 Å². The van der Waals surface area contributed by atoms with Gasteiger partial charge in [-0.1, -0.05) is 30.3 Å². The number of furan rings is 1. The molecule has 7 nitrogen and oxygen atoms in total. The second-order valence-electron chi connectivity index (χ2n) is 5.34. The van der Waals surface area contributed by atoms with Gasteiger partial charge in [0.1, 0.15) is 11.5 Å². The van der Waals surface area contributed by atoms with Gasteiger partial charge in [0.2, 0.25) is 10.6 Å². The van der Waals surface area contributed by atoms with Crippen LogP contribution in [0.3, 0.4) is 0 Å². The van der Waals surface area contributed by atoms with Crippen LogP contribution < -0.4 is 0 Å². The molecule has 0 unspecified atom stereocenters. The lowest BCUT2D eigenvalue weighted by Gasteiger charge is -1.96. The molecule has 1 aromatic carbocycles. The molecule has 0 saturated heterocycles. The number of hydrogen-bond acceptors (Lipinski definition) is 5. The summed E-state index contributed by atoms with van der Waals surface area (Å²) in [7, 11) is 0. The van der Waals surface area contributed by atoms with Gasteiger partial charge in [-0.05, 0) is 42.6 Å². The maximum absolute atomic E-state index is 5.26. The number of aromatic nitrogens is 5. The fourth-order valence-electron chi connectivity index (χ4n) is 2.40. The van der Waals surface area contributed by atoms with Crippen LogP contribution in [0.5, 0.6) is 0 Å². The van der Waals surface area contributed by atoms with E-state index in [9.17, 15) is 0 Å². The maximum Gasteiger partial charge on any atom is 0.216 e. The Morgan fingerprint density at radius 3 is 2.77 bits per heavy atom. The summed E-state index contributed by atoms with van der Waals surface area (Å²) in [6, 6.07) is 15.5. The molecular weight excluding hydrogens is 348 g/mol. The summed E-state index contributed by atoms with van der Waals surface area (Å²) >= 11 is 5.26. The molecule has 4 aromatic rings. The average Bonchev–Trinajstić information content (AvgIpc) is 3.41. The van der Waals surface area contributed by atoms with Gasteiger partial charge in [-0.2, -0.15) is 20.0 Å². The van der Waals surface area contributed by atoms with Gasteiger partial charge in [-0.15, -0.1) is 0 Å². The van der Waals surface area contributed by atoms with Crippen molar-refractivity contribution >= 4 is 24.5 Å². The number of H-pyrrole nitrogens is 2. The molecule has 2 N–H and O–H groups in total. The molecule has 4 rings (SSSR count). The zero-order chi connectivity index (χ0) is 17.8. The summed E-state index contributed by atoms with van der Waals surface area (Å²) in [6.45, 7) is 0. The van der Waals surface area contributed by atoms with E-state index in [1.54, 1.807) is 24.6 Å². The van der Waals surface area contributed by atoms with Crippen molar-refractivity contribution in [2.75, 3.05) is 0 Å². The number of rotatable bonds is 5. The Hall–Kier alpha value is -3.52. The number of nitrogens with one attached hydrogen (secondary N) is 2. The zero-order valence-corrected chi connectivity index (χ0v) is 14.4. The number of aromatic amines is 2. The molecule has 0 aliphatic carbocycles. The molecule has 0 spiro atoms. The SMILES string of the molecule is S=c1[nH]nc(-c2cc(-c3ccccc3)n[nH]2)n1/N=C/C=C/c1ccco1. The molecule has 3 heterocycles. The number of nitrogens with zero attached hydrogens (tertiary/aromatic N) is 4. The maximum atomic E-state index is 5.26. The standard InChI is InChI=1S/C18H14N6OS/c26-18-23-22-17(24(18)19-10-4-8-14-9-5-11-25-14)16-12-15(20-21-16)13-6-2-1-3-7-13/h1-12H,(H,20,21)(H,23,26)/b8-4+,19-10+. The van der Waals surface area contributed by atoms with Crippen LogP contribution in [0.1, 0.15) is 5.76 Å². The Morgan fingerprint density at radius 2 is 1.96 bits per heavy atom. The highest BCUT2D eigenvalue weighted by atomic mass is 32.1. The molecule has 3 aromatic heterocycles. The molecule has 0 fully saturated rings. The Labute approximate surface area is 153 Å². The van der Waals surface area contributed by atoms with E-state index >= 15 is 0 Å².